The summed E-state index contributed by atoms with van der Waals surface area (Å²) in [6, 6.07) is 1.59. The molecule has 0 fully saturated rings. The lowest BCUT2D eigenvalue weighted by Gasteiger charge is -2.08. The minimum Gasteiger partial charge on any atom is -0.491 e. The lowest BCUT2D eigenvalue weighted by Crippen LogP contribution is -2.18. The van der Waals surface area contributed by atoms with Gasteiger partial charge in [0.1, 0.15) is 20.6 Å². The maximum absolute atomic E-state index is 13.9. The van der Waals surface area contributed by atoms with Crippen LogP contribution in [0.4, 0.5) is 14.4 Å². The predicted molar refractivity (Wildman–Crippen MR) is 80.5 cm³/mol. The van der Waals surface area contributed by atoms with Gasteiger partial charge in [-0.2, -0.15) is 13.5 Å². The highest BCUT2D eigenvalue weighted by Gasteiger charge is 2.22. The summed E-state index contributed by atoms with van der Waals surface area (Å²) in [5.74, 6) is 0.499. The van der Waals surface area contributed by atoms with Crippen LogP contribution in [0.25, 0.3) is 0 Å². The maximum Gasteiger partial charge on any atom is 0.220 e. The smallest absolute Gasteiger partial charge is 0.220 e. The van der Waals surface area contributed by atoms with Crippen molar-refractivity contribution >= 4 is 36.5 Å². The Bertz CT molecular complexity index is 755. The lowest BCUT2D eigenvalue weighted by molar-refractivity contribution is 0.343. The molecule has 9 heteroatoms. The maximum atomic E-state index is 13.9. The molecule has 0 aliphatic heterocycles. The van der Waals surface area contributed by atoms with Crippen LogP contribution in [0.5, 0.6) is 5.75 Å². The summed E-state index contributed by atoms with van der Waals surface area (Å²) in [7, 11) is -2.63. The topological polar surface area (TPSA) is 94.1 Å². The van der Waals surface area contributed by atoms with Gasteiger partial charge in [-0.1, -0.05) is 17.4 Å². The van der Waals surface area contributed by atoms with Gasteiger partial charge in [0, 0.05) is 6.07 Å². The summed E-state index contributed by atoms with van der Waals surface area (Å²) in [5.41, 5.74) is 5.65. The largest absolute Gasteiger partial charge is 0.491 e. The number of hydrogen-bond acceptors (Lipinski definition) is 7. The van der Waals surface area contributed by atoms with E-state index in [1.165, 1.54) is 18.2 Å². The number of alkyl halides is 1. The SMILES string of the molecule is CCOc1cc(N=NC2=CC=CC(=S(=O)=O)C2F)sc1N. The molecule has 1 unspecified atom stereocenters. The molecule has 0 aromatic carbocycles. The van der Waals surface area contributed by atoms with E-state index >= 15 is 0 Å². The van der Waals surface area contributed by atoms with Crippen molar-refractivity contribution in [2.24, 2.45) is 10.2 Å². The molecule has 1 aromatic heterocycles. The number of anilines is 1. The van der Waals surface area contributed by atoms with Crippen molar-refractivity contribution < 1.29 is 17.5 Å². The molecule has 1 aromatic rings. The Morgan fingerprint density at radius 2 is 2.24 bits per heavy atom. The first-order valence-electron chi connectivity index (χ1n) is 5.95. The van der Waals surface area contributed by atoms with Crippen LogP contribution in [-0.2, 0) is 10.3 Å². The zero-order chi connectivity index (χ0) is 15.4. The fraction of sp³-hybridized carbons (Fsp3) is 0.250. The average molecular weight is 329 g/mol. The summed E-state index contributed by atoms with van der Waals surface area (Å²) in [5, 5.41) is 8.51. The number of halogens is 1. The van der Waals surface area contributed by atoms with Gasteiger partial charge < -0.3 is 10.5 Å². The normalized spacial score (nSPS) is 18.1. The Morgan fingerprint density at radius 1 is 1.48 bits per heavy atom. The summed E-state index contributed by atoms with van der Waals surface area (Å²) >= 11 is 1.15. The highest BCUT2D eigenvalue weighted by atomic mass is 32.2. The number of nitrogens with zero attached hydrogens (tertiary/aromatic N) is 2. The molecule has 112 valence electrons. The lowest BCUT2D eigenvalue weighted by atomic mass is 10.1. The number of allylic oxidation sites excluding steroid dienone is 4. The molecule has 0 radical (unpaired) electrons. The van der Waals surface area contributed by atoms with Crippen LogP contribution in [0.1, 0.15) is 6.92 Å². The molecule has 1 aliphatic rings. The first-order chi connectivity index (χ1) is 10.0. The number of nitrogen functional groups attached to an aromatic ring is 1. The van der Waals surface area contributed by atoms with Crippen molar-refractivity contribution in [3.8, 4) is 5.75 Å². The number of hydrogen-bond donors (Lipinski definition) is 1. The van der Waals surface area contributed by atoms with Crippen molar-refractivity contribution in [1.29, 1.82) is 0 Å². The molecular formula is C12H12FN3O3S2. The Hall–Kier alpha value is -2.00. The first kappa shape index (κ1) is 15.4. The molecule has 0 bridgehead atoms. The van der Waals surface area contributed by atoms with Gasteiger partial charge in [0.15, 0.2) is 11.9 Å². The second kappa shape index (κ2) is 6.64. The Kier molecular flexibility index (Phi) is 4.86. The minimum absolute atomic E-state index is 0.0818. The van der Waals surface area contributed by atoms with E-state index in [-0.39, 0.29) is 10.6 Å². The number of nitrogens with two attached hydrogens (primary N) is 1. The standard InChI is InChI=1S/C12H12FN3O3S2/c1-2-19-8-6-10(20-12(8)14)16-15-7-4-3-5-9(11(7)13)21(17)18/h3-6,11H,2,14H2,1H3. The number of azo groups is 1. The van der Waals surface area contributed by atoms with Crippen LogP contribution in [0, 0.1) is 0 Å². The van der Waals surface area contributed by atoms with E-state index in [0.717, 1.165) is 11.3 Å². The van der Waals surface area contributed by atoms with Gasteiger partial charge in [0.05, 0.1) is 6.61 Å². The Labute approximate surface area is 126 Å². The molecule has 2 rings (SSSR count). The second-order valence-corrected chi connectivity index (χ2v) is 5.90. The van der Waals surface area contributed by atoms with Crippen LogP contribution in [0.15, 0.2) is 40.2 Å². The van der Waals surface area contributed by atoms with E-state index in [9.17, 15) is 12.8 Å². The molecule has 0 saturated heterocycles. The third-order valence-electron chi connectivity index (χ3n) is 2.51. The van der Waals surface area contributed by atoms with Gasteiger partial charge in [0.2, 0.25) is 10.3 Å². The van der Waals surface area contributed by atoms with Gasteiger partial charge >= 0.3 is 0 Å². The molecule has 1 heterocycles. The van der Waals surface area contributed by atoms with Gasteiger partial charge in [-0.15, -0.1) is 5.11 Å². The van der Waals surface area contributed by atoms with E-state index in [1.807, 2.05) is 6.92 Å². The summed E-state index contributed by atoms with van der Waals surface area (Å²) < 4.78 is 40.9. The van der Waals surface area contributed by atoms with E-state index in [4.69, 9.17) is 10.5 Å². The van der Waals surface area contributed by atoms with Crippen molar-refractivity contribution in [1.82, 2.24) is 0 Å². The number of rotatable bonds is 4. The van der Waals surface area contributed by atoms with Gasteiger partial charge in [-0.3, -0.25) is 0 Å². The molecule has 1 aliphatic carbocycles. The van der Waals surface area contributed by atoms with Crippen molar-refractivity contribution in [2.45, 2.75) is 13.1 Å². The number of thiophene rings is 1. The van der Waals surface area contributed by atoms with E-state index in [1.54, 1.807) is 6.07 Å². The van der Waals surface area contributed by atoms with E-state index in [2.05, 4.69) is 10.2 Å². The molecule has 21 heavy (non-hydrogen) atoms. The van der Waals surface area contributed by atoms with Gasteiger partial charge in [0.25, 0.3) is 0 Å². The van der Waals surface area contributed by atoms with Crippen LogP contribution < -0.4 is 10.5 Å². The Balaban J connectivity index is 2.22. The zero-order valence-electron chi connectivity index (χ0n) is 11.0. The molecule has 0 amide bonds. The summed E-state index contributed by atoms with van der Waals surface area (Å²) in [6.45, 7) is 2.29. The highest BCUT2D eigenvalue weighted by Crippen LogP contribution is 2.38. The molecular weight excluding hydrogens is 317 g/mol. The predicted octanol–water partition coefficient (Wildman–Crippen LogP) is 2.66. The summed E-state index contributed by atoms with van der Waals surface area (Å²) in [6.07, 6.45) is 2.14. The van der Waals surface area contributed by atoms with Crippen molar-refractivity contribution in [3.63, 3.8) is 0 Å². The van der Waals surface area contributed by atoms with Gasteiger partial charge in [-0.25, -0.2) is 4.39 Å². The molecule has 0 saturated carbocycles. The fourth-order valence-electron chi connectivity index (χ4n) is 1.58. The zero-order valence-corrected chi connectivity index (χ0v) is 12.6. The monoisotopic (exact) mass is 329 g/mol. The number of ether oxygens (including phenoxy) is 1. The van der Waals surface area contributed by atoms with E-state index < -0.39 is 16.5 Å². The van der Waals surface area contributed by atoms with Crippen LogP contribution in [0.3, 0.4) is 0 Å². The quantitative estimate of drug-likeness (QED) is 0.678. The highest BCUT2D eigenvalue weighted by molar-refractivity contribution is 7.73. The molecule has 1 atom stereocenters. The average Bonchev–Trinajstić information content (AvgIpc) is 2.78. The molecule has 6 nitrogen and oxygen atoms in total. The van der Waals surface area contributed by atoms with Crippen molar-refractivity contribution in [2.75, 3.05) is 12.3 Å². The molecule has 0 spiro atoms. The second-order valence-electron chi connectivity index (χ2n) is 3.90. The third kappa shape index (κ3) is 3.56. The van der Waals surface area contributed by atoms with Crippen LogP contribution >= 0.6 is 11.3 Å². The van der Waals surface area contributed by atoms with Crippen LogP contribution in [0.2, 0.25) is 0 Å². The minimum atomic E-state index is -2.63. The summed E-state index contributed by atoms with van der Waals surface area (Å²) in [4.78, 5) is -0.368. The van der Waals surface area contributed by atoms with E-state index in [0.29, 0.717) is 22.4 Å². The first-order valence-corrected chi connectivity index (χ1v) is 7.84. The Morgan fingerprint density at radius 3 is 2.90 bits per heavy atom. The van der Waals surface area contributed by atoms with Crippen LogP contribution in [-0.4, -0.2) is 26.1 Å². The van der Waals surface area contributed by atoms with Gasteiger partial charge in [-0.05, 0) is 19.1 Å². The molecule has 2 N–H and O–H groups in total. The van der Waals surface area contributed by atoms with Crippen molar-refractivity contribution in [3.05, 3.63) is 30.0 Å². The third-order valence-corrected chi connectivity index (χ3v) is 4.06. The fourth-order valence-corrected chi connectivity index (χ4v) is 2.75.